The van der Waals surface area contributed by atoms with Crippen LogP contribution in [0.5, 0.6) is 5.75 Å². The van der Waals surface area contributed by atoms with E-state index in [1.165, 1.54) is 0 Å². The van der Waals surface area contributed by atoms with Crippen molar-refractivity contribution in [3.63, 3.8) is 0 Å². The van der Waals surface area contributed by atoms with Crippen LogP contribution in [0.25, 0.3) is 11.2 Å². The van der Waals surface area contributed by atoms with Crippen LogP contribution >= 0.6 is 0 Å². The summed E-state index contributed by atoms with van der Waals surface area (Å²) in [7, 11) is 0. The summed E-state index contributed by atoms with van der Waals surface area (Å²) in [5.41, 5.74) is 2.72. The quantitative estimate of drug-likeness (QED) is 0.610. The Hall–Kier alpha value is -2.30. The Kier molecular flexibility index (Phi) is 2.16. The molecule has 5 heteroatoms. The molecule has 2 bridgehead atoms. The lowest BCUT2D eigenvalue weighted by molar-refractivity contribution is -0.138. The van der Waals surface area contributed by atoms with Crippen LogP contribution in [0.15, 0.2) is 22.6 Å². The van der Waals surface area contributed by atoms with Gasteiger partial charge < -0.3 is 13.9 Å². The fraction of sp³-hybridized carbons (Fsp3) is 0.231. The van der Waals surface area contributed by atoms with Gasteiger partial charge in [-0.05, 0) is 13.0 Å². The highest BCUT2D eigenvalue weighted by Gasteiger charge is 2.34. The van der Waals surface area contributed by atoms with Crippen molar-refractivity contribution < 1.29 is 23.5 Å². The normalized spacial score (nSPS) is 13.1. The maximum absolute atomic E-state index is 11.4. The van der Waals surface area contributed by atoms with E-state index in [1.807, 2.05) is 0 Å². The summed E-state index contributed by atoms with van der Waals surface area (Å²) in [4.78, 5) is 22.6. The molecular weight excluding hydrogens is 236 g/mol. The number of carbonyl (C=O) groups is 2. The lowest BCUT2D eigenvalue weighted by Gasteiger charge is -2.03. The highest BCUT2D eigenvalue weighted by Crippen LogP contribution is 2.43. The summed E-state index contributed by atoms with van der Waals surface area (Å²) in [6.07, 6.45) is 0.449. The van der Waals surface area contributed by atoms with E-state index in [0.717, 1.165) is 5.56 Å². The van der Waals surface area contributed by atoms with Gasteiger partial charge in [-0.2, -0.15) is 0 Å². The zero-order chi connectivity index (χ0) is 12.9. The molecule has 3 rings (SSSR count). The average Bonchev–Trinajstić information content (AvgIpc) is 2.92. The van der Waals surface area contributed by atoms with Gasteiger partial charge in [0.2, 0.25) is 0 Å². The number of hydrogen-bond donors (Lipinski definition) is 0. The molecule has 0 atom stereocenters. The molecule has 2 aromatic rings. The molecule has 5 nitrogen and oxygen atoms in total. The molecule has 0 fully saturated rings. The van der Waals surface area contributed by atoms with E-state index in [1.54, 1.807) is 13.0 Å². The van der Waals surface area contributed by atoms with Crippen molar-refractivity contribution in [3.05, 3.63) is 29.3 Å². The molecule has 2 aromatic heterocycles. The standard InChI is InChI=1S/C13H10O5/c1-6(2)12(14)16-4-3-7-9-5-8-11(17-9)10(7)18-13(8)15/h5H,1,3-4H2,2H3. The Bertz CT molecular complexity index is 664. The van der Waals surface area contributed by atoms with E-state index in [4.69, 9.17) is 13.9 Å². The van der Waals surface area contributed by atoms with Gasteiger partial charge in [0.15, 0.2) is 11.3 Å². The van der Waals surface area contributed by atoms with E-state index in [2.05, 4.69) is 6.58 Å². The lowest BCUT2D eigenvalue weighted by atomic mass is 10.1. The molecule has 1 aliphatic rings. The van der Waals surface area contributed by atoms with Gasteiger partial charge in [-0.3, -0.25) is 0 Å². The SMILES string of the molecule is C=C(C)C(=O)OCCc1c2c3oc1cc3C(=O)O2. The highest BCUT2D eigenvalue weighted by molar-refractivity contribution is 6.09. The molecular formula is C13H10O5. The summed E-state index contributed by atoms with van der Waals surface area (Å²) in [6, 6.07) is 1.66. The molecule has 18 heavy (non-hydrogen) atoms. The predicted molar refractivity (Wildman–Crippen MR) is 61.8 cm³/mol. The minimum Gasteiger partial charge on any atom is -0.462 e. The van der Waals surface area contributed by atoms with Crippen molar-refractivity contribution in [1.29, 1.82) is 0 Å². The van der Waals surface area contributed by atoms with Gasteiger partial charge in [-0.1, -0.05) is 6.58 Å². The summed E-state index contributed by atoms with van der Waals surface area (Å²) >= 11 is 0. The van der Waals surface area contributed by atoms with E-state index < -0.39 is 5.97 Å². The smallest absolute Gasteiger partial charge is 0.347 e. The second kappa shape index (κ2) is 3.60. The zero-order valence-corrected chi connectivity index (χ0v) is 9.74. The van der Waals surface area contributed by atoms with Gasteiger partial charge in [0.25, 0.3) is 0 Å². The molecule has 0 N–H and O–H groups in total. The first kappa shape index (κ1) is 10.8. The number of furan rings is 2. The van der Waals surface area contributed by atoms with Gasteiger partial charge in [0, 0.05) is 17.6 Å². The number of ether oxygens (including phenoxy) is 2. The second-order valence-electron chi connectivity index (χ2n) is 4.22. The molecule has 0 unspecified atom stereocenters. The first-order valence-electron chi connectivity index (χ1n) is 5.50. The van der Waals surface area contributed by atoms with E-state index in [9.17, 15) is 9.59 Å². The maximum atomic E-state index is 11.4. The van der Waals surface area contributed by atoms with Gasteiger partial charge >= 0.3 is 11.9 Å². The Balaban J connectivity index is 1.73. The molecule has 0 radical (unpaired) electrons. The maximum Gasteiger partial charge on any atom is 0.347 e. The summed E-state index contributed by atoms with van der Waals surface area (Å²) in [6.45, 7) is 5.28. The summed E-state index contributed by atoms with van der Waals surface area (Å²) in [5.74, 6) is -0.343. The van der Waals surface area contributed by atoms with Crippen molar-refractivity contribution in [2.24, 2.45) is 0 Å². The monoisotopic (exact) mass is 246 g/mol. The van der Waals surface area contributed by atoms with Crippen LogP contribution in [-0.2, 0) is 16.0 Å². The minimum atomic E-state index is -0.429. The Morgan fingerprint density at radius 1 is 1.50 bits per heavy atom. The van der Waals surface area contributed by atoms with Gasteiger partial charge in [0.1, 0.15) is 11.1 Å². The van der Waals surface area contributed by atoms with Crippen LogP contribution < -0.4 is 4.74 Å². The molecule has 0 amide bonds. The number of fused-ring (bicyclic) bond motifs is 1. The van der Waals surface area contributed by atoms with Gasteiger partial charge in [-0.25, -0.2) is 9.59 Å². The number of hydrogen-bond acceptors (Lipinski definition) is 5. The van der Waals surface area contributed by atoms with Crippen LogP contribution in [-0.4, -0.2) is 18.5 Å². The predicted octanol–water partition coefficient (Wildman–Crippen LogP) is 2.06. The molecule has 0 saturated heterocycles. The fourth-order valence-electron chi connectivity index (χ4n) is 1.97. The van der Waals surface area contributed by atoms with E-state index in [0.29, 0.717) is 34.5 Å². The van der Waals surface area contributed by atoms with Crippen molar-refractivity contribution in [3.8, 4) is 5.75 Å². The second-order valence-corrected chi connectivity index (χ2v) is 4.22. The van der Waals surface area contributed by atoms with Crippen LogP contribution in [0.3, 0.4) is 0 Å². The Labute approximate surface area is 102 Å². The van der Waals surface area contributed by atoms with Gasteiger partial charge in [-0.15, -0.1) is 0 Å². The number of rotatable bonds is 4. The van der Waals surface area contributed by atoms with E-state index in [-0.39, 0.29) is 12.6 Å². The summed E-state index contributed by atoms with van der Waals surface area (Å²) < 4.78 is 15.5. The number of esters is 2. The minimum absolute atomic E-state index is 0.200. The third-order valence-corrected chi connectivity index (χ3v) is 2.86. The average molecular weight is 246 g/mol. The van der Waals surface area contributed by atoms with Crippen molar-refractivity contribution >= 4 is 23.1 Å². The molecule has 0 aliphatic carbocycles. The molecule has 92 valence electrons. The molecule has 0 spiro atoms. The Morgan fingerprint density at radius 3 is 3.00 bits per heavy atom. The molecule has 1 aliphatic heterocycles. The van der Waals surface area contributed by atoms with Crippen molar-refractivity contribution in [2.75, 3.05) is 6.61 Å². The van der Waals surface area contributed by atoms with Crippen molar-refractivity contribution in [2.45, 2.75) is 13.3 Å². The Morgan fingerprint density at radius 2 is 2.28 bits per heavy atom. The molecule has 3 heterocycles. The van der Waals surface area contributed by atoms with Crippen molar-refractivity contribution in [1.82, 2.24) is 0 Å². The van der Waals surface area contributed by atoms with E-state index >= 15 is 0 Å². The summed E-state index contributed by atoms with van der Waals surface area (Å²) in [5, 5.41) is 0. The van der Waals surface area contributed by atoms with Gasteiger partial charge in [0.05, 0.1) is 6.61 Å². The van der Waals surface area contributed by atoms with Crippen LogP contribution in [0, 0.1) is 0 Å². The lowest BCUT2D eigenvalue weighted by Crippen LogP contribution is -2.08. The van der Waals surface area contributed by atoms with Crippen LogP contribution in [0.4, 0.5) is 0 Å². The molecule has 0 saturated carbocycles. The first-order chi connectivity index (χ1) is 8.58. The molecule has 0 aromatic carbocycles. The third-order valence-electron chi connectivity index (χ3n) is 2.86. The van der Waals surface area contributed by atoms with Crippen LogP contribution in [0.2, 0.25) is 0 Å². The number of benzene rings is 1. The first-order valence-corrected chi connectivity index (χ1v) is 5.50. The third kappa shape index (κ3) is 1.40. The highest BCUT2D eigenvalue weighted by atomic mass is 16.6. The topological polar surface area (TPSA) is 65.7 Å². The zero-order valence-electron chi connectivity index (χ0n) is 9.74. The fourth-order valence-corrected chi connectivity index (χ4v) is 1.97. The largest absolute Gasteiger partial charge is 0.462 e. The number of carbonyl (C=O) groups excluding carboxylic acids is 2. The van der Waals surface area contributed by atoms with Crippen LogP contribution in [0.1, 0.15) is 22.8 Å².